The van der Waals surface area contributed by atoms with Crippen LogP contribution in [0.4, 0.5) is 0 Å². The van der Waals surface area contributed by atoms with Gasteiger partial charge < -0.3 is 65.1 Å². The van der Waals surface area contributed by atoms with Crippen LogP contribution in [0.5, 0.6) is 0 Å². The average Bonchev–Trinajstić information content (AvgIpc) is 0.799. The molecule has 0 aromatic heterocycles. The third kappa shape index (κ3) is 51.5. The average molecular weight is 1400 g/mol. The molecule has 580 valence electrons. The molecule has 0 saturated carbocycles. The molecule has 9 N–H and O–H groups in total. The number of aliphatic hydroxyl groups is 8. The molecule has 2 aliphatic heterocycles. The molecular weight excluding hydrogens is 1240 g/mol. The van der Waals surface area contributed by atoms with Gasteiger partial charge in [-0.1, -0.05) is 376 Å². The second-order valence-corrected chi connectivity index (χ2v) is 29.6. The number of allylic oxidation sites excluding steroid dienone is 10. The van der Waals surface area contributed by atoms with Gasteiger partial charge in [0.1, 0.15) is 48.8 Å². The number of hydrogen-bond donors (Lipinski definition) is 9. The van der Waals surface area contributed by atoms with Crippen LogP contribution in [0.1, 0.15) is 380 Å². The lowest BCUT2D eigenvalue weighted by Crippen LogP contribution is -2.65. The van der Waals surface area contributed by atoms with Gasteiger partial charge in [-0.2, -0.15) is 0 Å². The van der Waals surface area contributed by atoms with Crippen LogP contribution in [0.25, 0.3) is 0 Å². The maximum Gasteiger partial charge on any atom is 0.220 e. The fourth-order valence-electron chi connectivity index (χ4n) is 13.9. The van der Waals surface area contributed by atoms with Gasteiger partial charge in [0, 0.05) is 6.42 Å². The largest absolute Gasteiger partial charge is 0.394 e. The second kappa shape index (κ2) is 68.8. The van der Waals surface area contributed by atoms with Gasteiger partial charge in [0.15, 0.2) is 12.6 Å². The number of amides is 1. The number of rotatable bonds is 71. The summed E-state index contributed by atoms with van der Waals surface area (Å²) in [6, 6.07) is -0.831. The first-order valence-corrected chi connectivity index (χ1v) is 42.0. The highest BCUT2D eigenvalue weighted by Crippen LogP contribution is 2.31. The minimum absolute atomic E-state index is 0.200. The van der Waals surface area contributed by atoms with E-state index in [4.69, 9.17) is 18.9 Å². The van der Waals surface area contributed by atoms with E-state index in [-0.39, 0.29) is 12.5 Å². The summed E-state index contributed by atoms with van der Waals surface area (Å²) in [5, 5.41) is 88.0. The smallest absolute Gasteiger partial charge is 0.220 e. The molecule has 99 heavy (non-hydrogen) atoms. The highest BCUT2D eigenvalue weighted by atomic mass is 16.7. The topological polar surface area (TPSA) is 228 Å². The van der Waals surface area contributed by atoms with E-state index >= 15 is 0 Å². The summed E-state index contributed by atoms with van der Waals surface area (Å²) in [4.78, 5) is 13.4. The number of nitrogens with one attached hydrogen (secondary N) is 1. The van der Waals surface area contributed by atoms with Gasteiger partial charge in [-0.05, 0) is 57.8 Å². The van der Waals surface area contributed by atoms with Gasteiger partial charge in [0.25, 0.3) is 0 Å². The molecule has 0 bridgehead atoms. The highest BCUT2D eigenvalue weighted by Gasteiger charge is 2.51. The molecule has 0 spiro atoms. The summed E-state index contributed by atoms with van der Waals surface area (Å²) in [7, 11) is 0. The molecule has 14 nitrogen and oxygen atoms in total. The summed E-state index contributed by atoms with van der Waals surface area (Å²) >= 11 is 0. The Hall–Kier alpha value is -2.31. The van der Waals surface area contributed by atoms with E-state index in [0.717, 1.165) is 83.5 Å². The van der Waals surface area contributed by atoms with Crippen LogP contribution in [0.3, 0.4) is 0 Å². The van der Waals surface area contributed by atoms with Crippen LogP contribution in [0.15, 0.2) is 60.8 Å². The Morgan fingerprint density at radius 1 is 0.374 bits per heavy atom. The van der Waals surface area contributed by atoms with Gasteiger partial charge in [-0.3, -0.25) is 4.79 Å². The Bertz CT molecular complexity index is 1900. The molecule has 0 aliphatic carbocycles. The Balaban J connectivity index is 1.58. The second-order valence-electron chi connectivity index (χ2n) is 29.6. The van der Waals surface area contributed by atoms with E-state index in [1.54, 1.807) is 0 Å². The minimum Gasteiger partial charge on any atom is -0.394 e. The number of ether oxygens (including phenoxy) is 4. The number of carbonyl (C=O) groups is 1. The summed E-state index contributed by atoms with van der Waals surface area (Å²) in [5.74, 6) is -0.200. The van der Waals surface area contributed by atoms with Crippen molar-refractivity contribution < 1.29 is 64.6 Å². The molecule has 2 aliphatic rings. The zero-order chi connectivity index (χ0) is 71.5. The first-order valence-electron chi connectivity index (χ1n) is 42.0. The van der Waals surface area contributed by atoms with E-state index < -0.39 is 86.8 Å². The van der Waals surface area contributed by atoms with Crippen molar-refractivity contribution in [3.63, 3.8) is 0 Å². The Morgan fingerprint density at radius 3 is 1.07 bits per heavy atom. The van der Waals surface area contributed by atoms with Gasteiger partial charge in [0.2, 0.25) is 5.91 Å². The molecule has 1 amide bonds. The molecule has 2 saturated heterocycles. The van der Waals surface area contributed by atoms with Crippen molar-refractivity contribution in [2.24, 2.45) is 0 Å². The van der Waals surface area contributed by atoms with E-state index in [9.17, 15) is 45.6 Å². The molecule has 0 radical (unpaired) electrons. The molecule has 2 rings (SSSR count). The summed E-state index contributed by atoms with van der Waals surface area (Å²) in [6.45, 7) is 2.81. The fourth-order valence-corrected chi connectivity index (χ4v) is 13.9. The van der Waals surface area contributed by atoms with Crippen molar-refractivity contribution in [2.75, 3.05) is 19.8 Å². The Kier molecular flexibility index (Phi) is 64.5. The molecule has 12 atom stereocenters. The Morgan fingerprint density at radius 2 is 0.697 bits per heavy atom. The summed E-state index contributed by atoms with van der Waals surface area (Å²) < 4.78 is 23.0. The van der Waals surface area contributed by atoms with Crippen LogP contribution in [0, 0.1) is 0 Å². The SMILES string of the molecule is CC/C=C\C/C=C\C/C=C\C/C=C\C/C=C\CCCCCCCCCCCCCCCCCCCCCC(=O)NC(COC1OC(CO)C(OC2OC(CO)C(O)C(O)C2O)C(O)C1O)C(O)CCCCCCCCCCCCCCCCCCCCCCCCCCCCCCCC. The van der Waals surface area contributed by atoms with Crippen LogP contribution >= 0.6 is 0 Å². The van der Waals surface area contributed by atoms with E-state index in [1.807, 2.05) is 0 Å². The van der Waals surface area contributed by atoms with Crippen molar-refractivity contribution in [3.05, 3.63) is 60.8 Å². The normalized spacial score (nSPS) is 22.2. The van der Waals surface area contributed by atoms with Crippen LogP contribution in [0.2, 0.25) is 0 Å². The maximum atomic E-state index is 13.4. The lowest BCUT2D eigenvalue weighted by atomic mass is 9.97. The first kappa shape index (κ1) is 92.8. The molecule has 2 heterocycles. The zero-order valence-corrected chi connectivity index (χ0v) is 63.7. The Labute approximate surface area is 606 Å². The van der Waals surface area contributed by atoms with Gasteiger partial charge in [0.05, 0.1) is 32.0 Å². The monoisotopic (exact) mass is 1400 g/mol. The molecule has 2 fully saturated rings. The van der Waals surface area contributed by atoms with Crippen molar-refractivity contribution in [3.8, 4) is 0 Å². The summed E-state index contributed by atoms with van der Waals surface area (Å²) in [6.07, 6.45) is 77.0. The van der Waals surface area contributed by atoms with Crippen LogP contribution in [-0.4, -0.2) is 140 Å². The fraction of sp³-hybridized carbons (Fsp3) is 0.871. The lowest BCUT2D eigenvalue weighted by molar-refractivity contribution is -0.359. The van der Waals surface area contributed by atoms with Gasteiger partial charge in [-0.15, -0.1) is 0 Å². The maximum absolute atomic E-state index is 13.4. The molecule has 0 aromatic rings. The summed E-state index contributed by atoms with van der Waals surface area (Å²) in [5.41, 5.74) is 0. The third-order valence-corrected chi connectivity index (χ3v) is 20.5. The predicted molar refractivity (Wildman–Crippen MR) is 411 cm³/mol. The van der Waals surface area contributed by atoms with E-state index in [0.29, 0.717) is 12.8 Å². The van der Waals surface area contributed by atoms with Crippen LogP contribution < -0.4 is 5.32 Å². The molecule has 14 heteroatoms. The minimum atomic E-state index is -1.78. The van der Waals surface area contributed by atoms with Gasteiger partial charge in [-0.25, -0.2) is 0 Å². The number of aliphatic hydroxyl groups excluding tert-OH is 8. The molecule has 12 unspecified atom stereocenters. The lowest BCUT2D eigenvalue weighted by Gasteiger charge is -2.46. The third-order valence-electron chi connectivity index (χ3n) is 20.5. The van der Waals surface area contributed by atoms with Crippen molar-refractivity contribution in [1.29, 1.82) is 0 Å². The first-order chi connectivity index (χ1) is 48.6. The number of hydrogen-bond acceptors (Lipinski definition) is 13. The number of unbranched alkanes of at least 4 members (excludes halogenated alkanes) is 48. The van der Waals surface area contributed by atoms with Crippen LogP contribution in [-0.2, 0) is 23.7 Å². The zero-order valence-electron chi connectivity index (χ0n) is 63.7. The van der Waals surface area contributed by atoms with Crippen molar-refractivity contribution in [2.45, 2.75) is 453 Å². The van der Waals surface area contributed by atoms with Crippen molar-refractivity contribution >= 4 is 5.91 Å². The van der Waals surface area contributed by atoms with E-state index in [2.05, 4.69) is 79.9 Å². The molecular formula is C85H157NO13. The van der Waals surface area contributed by atoms with Crippen molar-refractivity contribution in [1.82, 2.24) is 5.32 Å². The predicted octanol–water partition coefficient (Wildman–Crippen LogP) is 19.5. The standard InChI is InChI=1S/C85H157NO13/c1-3-5-7-9-11-13-15-17-19-21-23-25-27-29-31-33-35-36-37-38-39-41-43-45-47-49-51-53-55-57-59-61-63-65-67-69-77(90)86-73(72-96-84-82(95)80(93)83(76(71-88)98-84)99-85-81(94)79(92)78(91)75(70-87)97-85)74(89)68-66-64-62-60-58-56-54-52-50-48-46-44-42-40-34-32-30-28-26-24-22-20-18-16-14-12-10-8-6-4-2/h5,7,11,13,17,19,23,25,29,31,73-76,78-85,87-89,91-95H,3-4,6,8-10,12,14-16,18,20-22,24,26-28,30,32-72H2,1-2H3,(H,86,90)/b7-5-,13-11-,19-17-,25-23-,31-29-. The van der Waals surface area contributed by atoms with Gasteiger partial charge >= 0.3 is 0 Å². The number of carbonyl (C=O) groups excluding carboxylic acids is 1. The van der Waals surface area contributed by atoms with E-state index in [1.165, 1.54) is 270 Å². The quantitative estimate of drug-likeness (QED) is 0.0204. The molecule has 0 aromatic carbocycles. The highest BCUT2D eigenvalue weighted by molar-refractivity contribution is 5.76.